The molecular weight excluding hydrogens is 304 g/mol. The number of nitro groups is 1. The molecular formula is C13H10ClF2N3O2. The summed E-state index contributed by atoms with van der Waals surface area (Å²) < 4.78 is 26.0. The van der Waals surface area contributed by atoms with Gasteiger partial charge in [0.2, 0.25) is 5.82 Å². The van der Waals surface area contributed by atoms with E-state index in [-0.39, 0.29) is 29.5 Å². The van der Waals surface area contributed by atoms with Crippen molar-refractivity contribution in [1.29, 1.82) is 0 Å². The smallest absolute Gasteiger partial charge is 0.312 e. The van der Waals surface area contributed by atoms with Gasteiger partial charge in [0.25, 0.3) is 0 Å². The Morgan fingerprint density at radius 1 is 1.24 bits per heavy atom. The molecule has 1 heterocycles. The van der Waals surface area contributed by atoms with Crippen molar-refractivity contribution < 1.29 is 13.7 Å². The van der Waals surface area contributed by atoms with Crippen LogP contribution in [0.15, 0.2) is 30.5 Å². The van der Waals surface area contributed by atoms with Gasteiger partial charge in [0.05, 0.1) is 9.95 Å². The van der Waals surface area contributed by atoms with Crippen LogP contribution in [-0.2, 0) is 6.42 Å². The van der Waals surface area contributed by atoms with Gasteiger partial charge in [-0.3, -0.25) is 10.1 Å². The first-order valence-electron chi connectivity index (χ1n) is 5.94. The molecule has 0 aliphatic heterocycles. The van der Waals surface area contributed by atoms with Crippen LogP contribution in [0.3, 0.4) is 0 Å². The zero-order chi connectivity index (χ0) is 15.4. The van der Waals surface area contributed by atoms with E-state index in [0.717, 1.165) is 6.07 Å². The van der Waals surface area contributed by atoms with Gasteiger partial charge in [0, 0.05) is 24.9 Å². The fraction of sp³-hybridized carbons (Fsp3) is 0.154. The largest absolute Gasteiger partial charge is 0.364 e. The molecule has 2 rings (SSSR count). The monoisotopic (exact) mass is 313 g/mol. The molecule has 0 unspecified atom stereocenters. The highest BCUT2D eigenvalue weighted by Crippen LogP contribution is 2.24. The van der Waals surface area contributed by atoms with Gasteiger partial charge in [-0.1, -0.05) is 11.6 Å². The number of rotatable bonds is 5. The molecule has 0 aliphatic rings. The van der Waals surface area contributed by atoms with Crippen LogP contribution in [0.2, 0.25) is 5.02 Å². The molecule has 0 saturated carbocycles. The molecule has 0 amide bonds. The molecule has 1 aromatic heterocycles. The normalized spacial score (nSPS) is 10.4. The third kappa shape index (κ3) is 4.09. The minimum atomic E-state index is -0.666. The molecule has 0 aliphatic carbocycles. The molecule has 8 heteroatoms. The summed E-state index contributed by atoms with van der Waals surface area (Å²) in [6.07, 6.45) is 1.56. The zero-order valence-electron chi connectivity index (χ0n) is 10.6. The number of hydrogen-bond acceptors (Lipinski definition) is 4. The molecule has 0 fully saturated rings. The fourth-order valence-corrected chi connectivity index (χ4v) is 1.94. The minimum absolute atomic E-state index is 0.0567. The summed E-state index contributed by atoms with van der Waals surface area (Å²) in [4.78, 5) is 14.1. The second kappa shape index (κ2) is 6.45. The summed E-state index contributed by atoms with van der Waals surface area (Å²) >= 11 is 5.65. The van der Waals surface area contributed by atoms with Crippen molar-refractivity contribution in [3.63, 3.8) is 0 Å². The van der Waals surface area contributed by atoms with Crippen molar-refractivity contribution in [3.05, 3.63) is 62.8 Å². The molecule has 21 heavy (non-hydrogen) atoms. The lowest BCUT2D eigenvalue weighted by Gasteiger charge is -2.07. The van der Waals surface area contributed by atoms with Crippen LogP contribution >= 0.6 is 11.6 Å². The summed E-state index contributed by atoms with van der Waals surface area (Å²) in [6, 6.07) is 4.37. The highest BCUT2D eigenvalue weighted by Gasteiger charge is 2.15. The van der Waals surface area contributed by atoms with Gasteiger partial charge < -0.3 is 5.32 Å². The Kier molecular flexibility index (Phi) is 4.64. The number of anilines is 1. The third-order valence-electron chi connectivity index (χ3n) is 2.66. The summed E-state index contributed by atoms with van der Waals surface area (Å²) in [7, 11) is 0. The third-order valence-corrected chi connectivity index (χ3v) is 2.87. The Morgan fingerprint density at radius 2 is 1.90 bits per heavy atom. The molecule has 0 bridgehead atoms. The van der Waals surface area contributed by atoms with E-state index in [9.17, 15) is 18.9 Å². The van der Waals surface area contributed by atoms with E-state index in [1.807, 2.05) is 0 Å². The summed E-state index contributed by atoms with van der Waals surface area (Å²) in [5.74, 6) is -1.28. The number of aromatic nitrogens is 1. The molecule has 5 nitrogen and oxygen atoms in total. The Bertz CT molecular complexity index is 662. The van der Waals surface area contributed by atoms with Gasteiger partial charge in [-0.2, -0.15) is 0 Å². The first-order valence-corrected chi connectivity index (χ1v) is 6.32. The maximum atomic E-state index is 13.0. The standard InChI is InChI=1S/C13H10ClF2N3O2/c14-9-5-12(19(20)21)13(18-7-9)17-2-1-8-3-10(15)6-11(16)4-8/h3-7H,1-2H2,(H,17,18). The maximum Gasteiger partial charge on any atom is 0.312 e. The quantitative estimate of drug-likeness (QED) is 0.676. The number of benzene rings is 1. The average molecular weight is 314 g/mol. The van der Waals surface area contributed by atoms with E-state index in [4.69, 9.17) is 11.6 Å². The maximum absolute atomic E-state index is 13.0. The van der Waals surface area contributed by atoms with Crippen LogP contribution in [0.4, 0.5) is 20.3 Å². The molecule has 0 saturated heterocycles. The van der Waals surface area contributed by atoms with Gasteiger partial charge in [0.15, 0.2) is 0 Å². The predicted molar refractivity (Wildman–Crippen MR) is 74.5 cm³/mol. The number of pyridine rings is 1. The Morgan fingerprint density at radius 3 is 2.52 bits per heavy atom. The lowest BCUT2D eigenvalue weighted by Crippen LogP contribution is -2.08. The molecule has 2 aromatic rings. The van der Waals surface area contributed by atoms with Crippen molar-refractivity contribution in [2.24, 2.45) is 0 Å². The first kappa shape index (κ1) is 15.1. The number of nitrogens with zero attached hydrogens (tertiary/aromatic N) is 2. The van der Waals surface area contributed by atoms with Crippen molar-refractivity contribution in [2.75, 3.05) is 11.9 Å². The van der Waals surface area contributed by atoms with E-state index in [1.54, 1.807) is 0 Å². The molecule has 0 radical (unpaired) electrons. The van der Waals surface area contributed by atoms with Crippen molar-refractivity contribution in [1.82, 2.24) is 4.98 Å². The van der Waals surface area contributed by atoms with Gasteiger partial charge >= 0.3 is 5.69 Å². The van der Waals surface area contributed by atoms with Crippen LogP contribution in [0.5, 0.6) is 0 Å². The first-order chi connectivity index (χ1) is 9.95. The zero-order valence-corrected chi connectivity index (χ0v) is 11.4. The second-order valence-corrected chi connectivity index (χ2v) is 4.67. The van der Waals surface area contributed by atoms with Gasteiger partial charge in [-0.15, -0.1) is 0 Å². The lowest BCUT2D eigenvalue weighted by molar-refractivity contribution is -0.384. The molecule has 1 aromatic carbocycles. The molecule has 0 atom stereocenters. The van der Waals surface area contributed by atoms with Crippen molar-refractivity contribution >= 4 is 23.1 Å². The molecule has 0 spiro atoms. The molecule has 1 N–H and O–H groups in total. The Hall–Kier alpha value is -2.28. The second-order valence-electron chi connectivity index (χ2n) is 4.23. The number of hydrogen-bond donors (Lipinski definition) is 1. The van der Waals surface area contributed by atoms with E-state index in [2.05, 4.69) is 10.3 Å². The van der Waals surface area contributed by atoms with Crippen LogP contribution in [0.1, 0.15) is 5.56 Å². The topological polar surface area (TPSA) is 68.1 Å². The number of nitrogens with one attached hydrogen (secondary N) is 1. The van der Waals surface area contributed by atoms with Gasteiger partial charge in [0.1, 0.15) is 11.6 Å². The van der Waals surface area contributed by atoms with Crippen LogP contribution in [0.25, 0.3) is 0 Å². The van der Waals surface area contributed by atoms with Crippen molar-refractivity contribution in [3.8, 4) is 0 Å². The van der Waals surface area contributed by atoms with Gasteiger partial charge in [-0.25, -0.2) is 13.8 Å². The van der Waals surface area contributed by atoms with Crippen molar-refractivity contribution in [2.45, 2.75) is 6.42 Å². The number of halogens is 3. The highest BCUT2D eigenvalue weighted by atomic mass is 35.5. The average Bonchev–Trinajstić information content (AvgIpc) is 2.39. The SMILES string of the molecule is O=[N+]([O-])c1cc(Cl)cnc1NCCc1cc(F)cc(F)c1. The molecule has 110 valence electrons. The Balaban J connectivity index is 2.05. The van der Waals surface area contributed by atoms with E-state index in [0.29, 0.717) is 5.56 Å². The van der Waals surface area contributed by atoms with E-state index >= 15 is 0 Å². The van der Waals surface area contributed by atoms with Crippen LogP contribution < -0.4 is 5.32 Å². The Labute approximate surface area is 123 Å². The van der Waals surface area contributed by atoms with Gasteiger partial charge in [-0.05, 0) is 24.1 Å². The fourth-order valence-electron chi connectivity index (χ4n) is 1.78. The summed E-state index contributed by atoms with van der Waals surface area (Å²) in [6.45, 7) is 0.234. The highest BCUT2D eigenvalue weighted by molar-refractivity contribution is 6.30. The summed E-state index contributed by atoms with van der Waals surface area (Å²) in [5.41, 5.74) is 0.185. The van der Waals surface area contributed by atoms with E-state index < -0.39 is 16.6 Å². The van der Waals surface area contributed by atoms with Crippen LogP contribution in [0, 0.1) is 21.7 Å². The van der Waals surface area contributed by atoms with E-state index in [1.165, 1.54) is 24.4 Å². The predicted octanol–water partition coefficient (Wildman–Crippen LogP) is 3.58. The lowest BCUT2D eigenvalue weighted by atomic mass is 10.1. The van der Waals surface area contributed by atoms with Crippen LogP contribution in [-0.4, -0.2) is 16.5 Å². The minimum Gasteiger partial charge on any atom is -0.364 e. The summed E-state index contributed by atoms with van der Waals surface area (Å²) in [5, 5.41) is 13.8.